The lowest BCUT2D eigenvalue weighted by atomic mass is 10.0. The van der Waals surface area contributed by atoms with Crippen molar-refractivity contribution in [3.8, 4) is 0 Å². The lowest BCUT2D eigenvalue weighted by Gasteiger charge is -2.33. The number of nitrogens with zero attached hydrogens (tertiary/aromatic N) is 1. The van der Waals surface area contributed by atoms with Gasteiger partial charge in [0.05, 0.1) is 25.9 Å². The molecule has 2 heterocycles. The average Bonchev–Trinajstić information content (AvgIpc) is 2.92. The van der Waals surface area contributed by atoms with Gasteiger partial charge in [0.1, 0.15) is 5.60 Å². The Kier molecular flexibility index (Phi) is 4.01. The number of carbonyl (C=O) groups excluding carboxylic acids is 1. The van der Waals surface area contributed by atoms with Crippen LogP contribution in [0.1, 0.15) is 26.2 Å². The van der Waals surface area contributed by atoms with Crippen LogP contribution in [0.3, 0.4) is 0 Å². The summed E-state index contributed by atoms with van der Waals surface area (Å²) in [5.74, 6) is 0.173. The number of carbonyl (C=O) groups is 1. The second-order valence-corrected chi connectivity index (χ2v) is 4.90. The predicted octanol–water partition coefficient (Wildman–Crippen LogP) is 0.350. The van der Waals surface area contributed by atoms with Crippen LogP contribution in [0.5, 0.6) is 0 Å². The zero-order valence-corrected chi connectivity index (χ0v) is 10.7. The normalized spacial score (nSPS) is 33.6. The number of ether oxygens (including phenoxy) is 2. The minimum Gasteiger partial charge on any atom is -0.378 e. The SMILES string of the molecule is CCCC1NCC(=O)N1CC1(OC)CCOC1. The average molecular weight is 242 g/mol. The van der Waals surface area contributed by atoms with Gasteiger partial charge in [0.2, 0.25) is 5.91 Å². The maximum atomic E-state index is 11.9. The summed E-state index contributed by atoms with van der Waals surface area (Å²) in [4.78, 5) is 13.8. The topological polar surface area (TPSA) is 50.8 Å². The molecule has 17 heavy (non-hydrogen) atoms. The maximum absolute atomic E-state index is 11.9. The van der Waals surface area contributed by atoms with Crippen LogP contribution >= 0.6 is 0 Å². The minimum atomic E-state index is -0.298. The fraction of sp³-hybridized carbons (Fsp3) is 0.917. The monoisotopic (exact) mass is 242 g/mol. The van der Waals surface area contributed by atoms with Crippen molar-refractivity contribution in [1.82, 2.24) is 10.2 Å². The molecule has 0 radical (unpaired) electrons. The minimum absolute atomic E-state index is 0.167. The number of rotatable bonds is 5. The Labute approximate surface area is 102 Å². The van der Waals surface area contributed by atoms with Gasteiger partial charge in [-0.3, -0.25) is 10.1 Å². The van der Waals surface area contributed by atoms with Gasteiger partial charge in [-0.15, -0.1) is 0 Å². The van der Waals surface area contributed by atoms with Crippen molar-refractivity contribution in [1.29, 1.82) is 0 Å². The summed E-state index contributed by atoms with van der Waals surface area (Å²) < 4.78 is 11.0. The molecule has 0 aromatic carbocycles. The van der Waals surface area contributed by atoms with Crippen molar-refractivity contribution >= 4 is 5.91 Å². The van der Waals surface area contributed by atoms with Gasteiger partial charge >= 0.3 is 0 Å². The summed E-state index contributed by atoms with van der Waals surface area (Å²) in [6.07, 6.45) is 3.09. The summed E-state index contributed by atoms with van der Waals surface area (Å²) >= 11 is 0. The zero-order valence-electron chi connectivity index (χ0n) is 10.7. The molecular formula is C12H22N2O3. The maximum Gasteiger partial charge on any atom is 0.237 e. The second-order valence-electron chi connectivity index (χ2n) is 4.90. The fourth-order valence-electron chi connectivity index (χ4n) is 2.57. The summed E-state index contributed by atoms with van der Waals surface area (Å²) in [5.41, 5.74) is -0.298. The van der Waals surface area contributed by atoms with Crippen LogP contribution < -0.4 is 5.32 Å². The van der Waals surface area contributed by atoms with E-state index in [9.17, 15) is 4.79 Å². The third kappa shape index (κ3) is 2.61. The molecule has 5 nitrogen and oxygen atoms in total. The summed E-state index contributed by atoms with van der Waals surface area (Å²) in [5, 5.41) is 3.25. The number of amides is 1. The first-order valence-electron chi connectivity index (χ1n) is 6.36. The molecule has 0 bridgehead atoms. The second kappa shape index (κ2) is 5.33. The molecule has 2 rings (SSSR count). The molecule has 1 amide bonds. The highest BCUT2D eigenvalue weighted by atomic mass is 16.5. The van der Waals surface area contributed by atoms with E-state index in [1.165, 1.54) is 0 Å². The van der Waals surface area contributed by atoms with Gasteiger partial charge in [0.25, 0.3) is 0 Å². The number of methoxy groups -OCH3 is 1. The molecule has 5 heteroatoms. The first-order valence-corrected chi connectivity index (χ1v) is 6.36. The smallest absolute Gasteiger partial charge is 0.237 e. The highest BCUT2D eigenvalue weighted by molar-refractivity contribution is 5.80. The molecule has 0 aromatic heterocycles. The molecule has 2 unspecified atom stereocenters. The Morgan fingerprint density at radius 1 is 1.65 bits per heavy atom. The molecule has 98 valence electrons. The van der Waals surface area contributed by atoms with Crippen LogP contribution in [-0.4, -0.2) is 56.0 Å². The van der Waals surface area contributed by atoms with Crippen LogP contribution in [-0.2, 0) is 14.3 Å². The number of nitrogens with one attached hydrogen (secondary N) is 1. The first-order chi connectivity index (χ1) is 8.21. The van der Waals surface area contributed by atoms with Crippen LogP contribution in [0.4, 0.5) is 0 Å². The molecule has 2 fully saturated rings. The van der Waals surface area contributed by atoms with E-state index in [0.29, 0.717) is 19.7 Å². The first kappa shape index (κ1) is 12.8. The molecule has 2 atom stereocenters. The van der Waals surface area contributed by atoms with Gasteiger partial charge in [0, 0.05) is 20.1 Å². The molecule has 0 spiro atoms. The highest BCUT2D eigenvalue weighted by Gasteiger charge is 2.41. The fourth-order valence-corrected chi connectivity index (χ4v) is 2.57. The van der Waals surface area contributed by atoms with Gasteiger partial charge in [-0.25, -0.2) is 0 Å². The van der Waals surface area contributed by atoms with E-state index in [4.69, 9.17) is 9.47 Å². The van der Waals surface area contributed by atoms with Crippen LogP contribution in [0.15, 0.2) is 0 Å². The van der Waals surface area contributed by atoms with Gasteiger partial charge < -0.3 is 14.4 Å². The third-order valence-corrected chi connectivity index (χ3v) is 3.71. The van der Waals surface area contributed by atoms with Crippen molar-refractivity contribution in [2.24, 2.45) is 0 Å². The van der Waals surface area contributed by atoms with Crippen molar-refractivity contribution in [2.45, 2.75) is 38.0 Å². The van der Waals surface area contributed by atoms with Crippen LogP contribution in [0.25, 0.3) is 0 Å². The molecule has 0 aromatic rings. The molecule has 1 N–H and O–H groups in total. The van der Waals surface area contributed by atoms with E-state index in [2.05, 4.69) is 12.2 Å². The Hall–Kier alpha value is -0.650. The number of hydrogen-bond donors (Lipinski definition) is 1. The van der Waals surface area contributed by atoms with Crippen LogP contribution in [0.2, 0.25) is 0 Å². The molecule has 2 aliphatic heterocycles. The van der Waals surface area contributed by atoms with Crippen molar-refractivity contribution in [2.75, 3.05) is 33.4 Å². The van der Waals surface area contributed by atoms with E-state index >= 15 is 0 Å². The van der Waals surface area contributed by atoms with E-state index in [1.807, 2.05) is 4.90 Å². The summed E-state index contributed by atoms with van der Waals surface area (Å²) in [6.45, 7) is 4.53. The quantitative estimate of drug-likeness (QED) is 0.756. The van der Waals surface area contributed by atoms with Gasteiger partial charge in [-0.05, 0) is 6.42 Å². The van der Waals surface area contributed by atoms with Crippen molar-refractivity contribution < 1.29 is 14.3 Å². The molecule has 2 aliphatic rings. The number of hydrogen-bond acceptors (Lipinski definition) is 4. The van der Waals surface area contributed by atoms with Gasteiger partial charge in [-0.2, -0.15) is 0 Å². The lowest BCUT2D eigenvalue weighted by molar-refractivity contribution is -0.133. The predicted molar refractivity (Wildman–Crippen MR) is 63.6 cm³/mol. The molecule has 0 aliphatic carbocycles. The Bertz CT molecular complexity index is 277. The van der Waals surface area contributed by atoms with Gasteiger partial charge in [0.15, 0.2) is 0 Å². The van der Waals surface area contributed by atoms with E-state index in [0.717, 1.165) is 25.9 Å². The molecular weight excluding hydrogens is 220 g/mol. The van der Waals surface area contributed by atoms with E-state index < -0.39 is 0 Å². The largest absolute Gasteiger partial charge is 0.378 e. The Morgan fingerprint density at radius 2 is 2.47 bits per heavy atom. The summed E-state index contributed by atoms with van der Waals surface area (Å²) in [7, 11) is 1.71. The molecule has 0 saturated carbocycles. The van der Waals surface area contributed by atoms with Crippen molar-refractivity contribution in [3.63, 3.8) is 0 Å². The lowest BCUT2D eigenvalue weighted by Crippen LogP contribution is -2.49. The zero-order chi connectivity index (χ0) is 12.3. The Morgan fingerprint density at radius 3 is 3.06 bits per heavy atom. The van der Waals surface area contributed by atoms with Gasteiger partial charge in [-0.1, -0.05) is 13.3 Å². The van der Waals surface area contributed by atoms with Crippen LogP contribution in [0, 0.1) is 0 Å². The van der Waals surface area contributed by atoms with E-state index in [-0.39, 0.29) is 17.7 Å². The highest BCUT2D eigenvalue weighted by Crippen LogP contribution is 2.26. The Balaban J connectivity index is 2.01. The molecule has 2 saturated heterocycles. The third-order valence-electron chi connectivity index (χ3n) is 3.71. The summed E-state index contributed by atoms with van der Waals surface area (Å²) in [6, 6.07) is 0. The van der Waals surface area contributed by atoms with Crippen molar-refractivity contribution in [3.05, 3.63) is 0 Å². The standard InChI is InChI=1S/C12H22N2O3/c1-3-4-10-13-7-11(15)14(10)8-12(16-2)5-6-17-9-12/h10,13H,3-9H2,1-2H3. The van der Waals surface area contributed by atoms with E-state index in [1.54, 1.807) is 7.11 Å².